The summed E-state index contributed by atoms with van der Waals surface area (Å²) in [5, 5.41) is 15.7. The van der Waals surface area contributed by atoms with Gasteiger partial charge in [0.2, 0.25) is 0 Å². The van der Waals surface area contributed by atoms with Gasteiger partial charge in [-0.15, -0.1) is 16.4 Å². The van der Waals surface area contributed by atoms with Crippen LogP contribution >= 0.6 is 11.3 Å². The molecular formula is C27H28N6O2S. The van der Waals surface area contributed by atoms with Gasteiger partial charge in [-0.3, -0.25) is 9.69 Å². The highest BCUT2D eigenvalue weighted by Gasteiger charge is 2.31. The third-order valence-electron chi connectivity index (χ3n) is 6.17. The summed E-state index contributed by atoms with van der Waals surface area (Å²) in [4.78, 5) is 20.1. The molecule has 5 aromatic rings. The Balaban J connectivity index is 1.67. The van der Waals surface area contributed by atoms with Crippen LogP contribution in [0.1, 0.15) is 33.4 Å². The predicted octanol–water partition coefficient (Wildman–Crippen LogP) is 4.32. The van der Waals surface area contributed by atoms with E-state index in [2.05, 4.69) is 55.1 Å². The number of pyridine rings is 1. The van der Waals surface area contributed by atoms with E-state index in [1.54, 1.807) is 23.1 Å². The average molecular weight is 501 g/mol. The summed E-state index contributed by atoms with van der Waals surface area (Å²) in [6.45, 7) is 4.21. The molecule has 9 heteroatoms. The lowest BCUT2D eigenvalue weighted by atomic mass is 10.0. The van der Waals surface area contributed by atoms with E-state index in [1.165, 1.54) is 4.88 Å². The summed E-state index contributed by atoms with van der Waals surface area (Å²) in [7, 11) is 1.65. The third kappa shape index (κ3) is 5.28. The van der Waals surface area contributed by atoms with Gasteiger partial charge in [0.25, 0.3) is 5.56 Å². The minimum atomic E-state index is -0.478. The number of ether oxygens (including phenoxy) is 1. The Labute approximate surface area is 213 Å². The summed E-state index contributed by atoms with van der Waals surface area (Å²) < 4.78 is 7.03. The number of nitrogens with one attached hydrogen (secondary N) is 1. The van der Waals surface area contributed by atoms with Crippen molar-refractivity contribution in [3.8, 4) is 0 Å². The second kappa shape index (κ2) is 10.9. The third-order valence-corrected chi connectivity index (χ3v) is 7.03. The minimum absolute atomic E-state index is 0.149. The number of aromatic nitrogens is 5. The molecule has 5 rings (SSSR count). The van der Waals surface area contributed by atoms with Crippen molar-refractivity contribution in [2.75, 3.05) is 13.7 Å². The Morgan fingerprint density at radius 1 is 1.08 bits per heavy atom. The monoisotopic (exact) mass is 500 g/mol. The van der Waals surface area contributed by atoms with Gasteiger partial charge < -0.3 is 9.72 Å². The molecule has 184 valence electrons. The standard InChI is InChI=1S/C27H28N6O2S/c1-19-10-11-21-16-23(27(34)28-24(21)15-19)25(26-29-30-31-33(26)12-13-35-2)32(18-22-9-6-14-36-22)17-20-7-4-3-5-8-20/h3-11,14-16,25H,12-13,17-18H2,1-2H3,(H,28,34). The van der Waals surface area contributed by atoms with Crippen LogP contribution in [0.4, 0.5) is 0 Å². The van der Waals surface area contributed by atoms with Gasteiger partial charge in [0.15, 0.2) is 5.82 Å². The normalized spacial score (nSPS) is 12.4. The molecule has 36 heavy (non-hydrogen) atoms. The fourth-order valence-corrected chi connectivity index (χ4v) is 5.17. The molecular weight excluding hydrogens is 472 g/mol. The summed E-state index contributed by atoms with van der Waals surface area (Å²) in [5.74, 6) is 0.608. The molecule has 0 aliphatic heterocycles. The summed E-state index contributed by atoms with van der Waals surface area (Å²) in [5.41, 5.74) is 3.50. The highest BCUT2D eigenvalue weighted by Crippen LogP contribution is 2.31. The SMILES string of the molecule is COCCn1nnnc1C(c1cc2ccc(C)cc2[nH]c1=O)N(Cc1ccccc1)Cc1cccs1. The lowest BCUT2D eigenvalue weighted by Crippen LogP contribution is -2.35. The molecule has 1 unspecified atom stereocenters. The molecule has 1 atom stereocenters. The Bertz CT molecular complexity index is 1480. The van der Waals surface area contributed by atoms with Crippen LogP contribution in [0.25, 0.3) is 10.9 Å². The molecule has 8 nitrogen and oxygen atoms in total. The van der Waals surface area contributed by atoms with Gasteiger partial charge in [0, 0.05) is 36.2 Å². The van der Waals surface area contributed by atoms with Crippen molar-refractivity contribution in [1.82, 2.24) is 30.1 Å². The molecule has 0 saturated carbocycles. The van der Waals surface area contributed by atoms with E-state index in [9.17, 15) is 4.79 Å². The van der Waals surface area contributed by atoms with Crippen LogP contribution in [0.5, 0.6) is 0 Å². The molecule has 0 aliphatic rings. The lowest BCUT2D eigenvalue weighted by molar-refractivity contribution is 0.169. The fourth-order valence-electron chi connectivity index (χ4n) is 4.44. The summed E-state index contributed by atoms with van der Waals surface area (Å²) in [6.07, 6.45) is 0. The Hall–Kier alpha value is -3.66. The molecule has 0 fully saturated rings. The number of nitrogens with zero attached hydrogens (tertiary/aromatic N) is 5. The summed E-state index contributed by atoms with van der Waals surface area (Å²) >= 11 is 1.69. The van der Waals surface area contributed by atoms with E-state index in [4.69, 9.17) is 4.74 Å². The zero-order valence-electron chi connectivity index (χ0n) is 20.3. The van der Waals surface area contributed by atoms with Crippen molar-refractivity contribution >= 4 is 22.2 Å². The molecule has 0 spiro atoms. The maximum atomic E-state index is 13.6. The summed E-state index contributed by atoms with van der Waals surface area (Å²) in [6, 6.07) is 22.0. The van der Waals surface area contributed by atoms with Gasteiger partial charge in [-0.2, -0.15) is 0 Å². The van der Waals surface area contributed by atoms with Crippen LogP contribution in [0, 0.1) is 6.92 Å². The Morgan fingerprint density at radius 3 is 2.72 bits per heavy atom. The number of benzene rings is 2. The molecule has 3 heterocycles. The van der Waals surface area contributed by atoms with Crippen molar-refractivity contribution < 1.29 is 4.74 Å². The largest absolute Gasteiger partial charge is 0.383 e. The van der Waals surface area contributed by atoms with E-state index >= 15 is 0 Å². The molecule has 0 amide bonds. The van der Waals surface area contributed by atoms with Crippen molar-refractivity contribution in [1.29, 1.82) is 0 Å². The number of aryl methyl sites for hydroxylation is 1. The van der Waals surface area contributed by atoms with Crippen LogP contribution in [0.2, 0.25) is 0 Å². The maximum Gasteiger partial charge on any atom is 0.253 e. The van der Waals surface area contributed by atoms with Crippen LogP contribution in [-0.4, -0.2) is 43.8 Å². The zero-order chi connectivity index (χ0) is 24.9. The minimum Gasteiger partial charge on any atom is -0.383 e. The highest BCUT2D eigenvalue weighted by molar-refractivity contribution is 7.09. The predicted molar refractivity (Wildman–Crippen MR) is 141 cm³/mol. The van der Waals surface area contributed by atoms with Crippen LogP contribution in [0.15, 0.2) is 76.9 Å². The first kappa shape index (κ1) is 24.1. The zero-order valence-corrected chi connectivity index (χ0v) is 21.1. The molecule has 1 N–H and O–H groups in total. The van der Waals surface area contributed by atoms with Gasteiger partial charge in [-0.25, -0.2) is 4.68 Å². The van der Waals surface area contributed by atoms with Gasteiger partial charge in [-0.1, -0.05) is 48.5 Å². The van der Waals surface area contributed by atoms with Gasteiger partial charge in [-0.05, 0) is 57.4 Å². The number of thiophene rings is 1. The number of tetrazole rings is 1. The lowest BCUT2D eigenvalue weighted by Gasteiger charge is -2.30. The number of methoxy groups -OCH3 is 1. The van der Waals surface area contributed by atoms with Gasteiger partial charge in [0.1, 0.15) is 6.04 Å². The second-order valence-corrected chi connectivity index (χ2v) is 9.80. The van der Waals surface area contributed by atoms with Crippen molar-refractivity contribution in [3.63, 3.8) is 0 Å². The van der Waals surface area contributed by atoms with E-state index < -0.39 is 6.04 Å². The average Bonchev–Trinajstić information content (AvgIpc) is 3.56. The quantitative estimate of drug-likeness (QED) is 0.307. The molecule has 3 aromatic heterocycles. The number of hydrogen-bond acceptors (Lipinski definition) is 7. The Morgan fingerprint density at radius 2 is 1.94 bits per heavy atom. The number of fused-ring (bicyclic) bond motifs is 1. The molecule has 0 saturated heterocycles. The number of H-pyrrole nitrogens is 1. The molecule has 0 bridgehead atoms. The van der Waals surface area contributed by atoms with Crippen LogP contribution < -0.4 is 5.56 Å². The van der Waals surface area contributed by atoms with Gasteiger partial charge >= 0.3 is 0 Å². The maximum absolute atomic E-state index is 13.6. The van der Waals surface area contributed by atoms with E-state index in [0.29, 0.717) is 37.6 Å². The van der Waals surface area contributed by atoms with Crippen LogP contribution in [0.3, 0.4) is 0 Å². The first-order chi connectivity index (χ1) is 17.6. The first-order valence-corrected chi connectivity index (χ1v) is 12.7. The Kier molecular flexibility index (Phi) is 7.31. The van der Waals surface area contributed by atoms with Crippen molar-refractivity contribution in [2.45, 2.75) is 32.6 Å². The smallest absolute Gasteiger partial charge is 0.253 e. The molecule has 0 aliphatic carbocycles. The van der Waals surface area contributed by atoms with E-state index in [1.807, 2.05) is 49.4 Å². The number of aromatic amines is 1. The number of rotatable bonds is 10. The molecule has 2 aromatic carbocycles. The van der Waals surface area contributed by atoms with Crippen molar-refractivity contribution in [3.05, 3.63) is 110 Å². The highest BCUT2D eigenvalue weighted by atomic mass is 32.1. The number of hydrogen-bond donors (Lipinski definition) is 1. The molecule has 0 radical (unpaired) electrons. The second-order valence-electron chi connectivity index (χ2n) is 8.77. The topological polar surface area (TPSA) is 88.9 Å². The fraction of sp³-hybridized carbons (Fsp3) is 0.259. The van der Waals surface area contributed by atoms with E-state index in [0.717, 1.165) is 22.0 Å². The first-order valence-electron chi connectivity index (χ1n) is 11.8. The van der Waals surface area contributed by atoms with Crippen LogP contribution in [-0.2, 0) is 24.4 Å². The van der Waals surface area contributed by atoms with E-state index in [-0.39, 0.29) is 5.56 Å². The van der Waals surface area contributed by atoms with Gasteiger partial charge in [0.05, 0.1) is 13.2 Å². The van der Waals surface area contributed by atoms with Crippen molar-refractivity contribution in [2.24, 2.45) is 0 Å².